The van der Waals surface area contributed by atoms with Crippen LogP contribution in [-0.2, 0) is 19.1 Å². The second kappa shape index (κ2) is 9.47. The van der Waals surface area contributed by atoms with Gasteiger partial charge in [0.2, 0.25) is 11.8 Å². The Bertz CT molecular complexity index is 684. The number of nitrogens with zero attached hydrogens (tertiary/aromatic N) is 2. The molecule has 7 heteroatoms. The van der Waals surface area contributed by atoms with E-state index in [2.05, 4.69) is 17.1 Å². The molecule has 2 saturated carbocycles. The first-order valence-electron chi connectivity index (χ1n) is 12.3. The molecule has 1 N–H and O–H groups in total. The summed E-state index contributed by atoms with van der Waals surface area (Å²) in [5, 5.41) is 2.80. The molecule has 0 radical (unpaired) electrons. The predicted octanol–water partition coefficient (Wildman–Crippen LogP) is 2.33. The van der Waals surface area contributed by atoms with Gasteiger partial charge >= 0.3 is 0 Å². The number of hydrogen-bond acceptors (Lipinski definition) is 4. The molecule has 0 bridgehead atoms. The summed E-state index contributed by atoms with van der Waals surface area (Å²) in [5.41, 5.74) is 0. The van der Waals surface area contributed by atoms with Gasteiger partial charge in [0.15, 0.2) is 0 Å². The van der Waals surface area contributed by atoms with Crippen LogP contribution in [0.1, 0.15) is 71.6 Å². The van der Waals surface area contributed by atoms with Gasteiger partial charge in [-0.2, -0.15) is 0 Å². The first kappa shape index (κ1) is 22.6. The average Bonchev–Trinajstić information content (AvgIpc) is 3.32. The average molecular weight is 434 g/mol. The van der Waals surface area contributed by atoms with Crippen LogP contribution in [0, 0.1) is 17.8 Å². The monoisotopic (exact) mass is 433 g/mol. The highest BCUT2D eigenvalue weighted by Gasteiger charge is 2.48. The highest BCUT2D eigenvalue weighted by atomic mass is 16.5. The highest BCUT2D eigenvalue weighted by molar-refractivity contribution is 5.82. The second-order valence-electron chi connectivity index (χ2n) is 10.2. The van der Waals surface area contributed by atoms with Crippen LogP contribution in [0.25, 0.3) is 0 Å². The Morgan fingerprint density at radius 3 is 2.26 bits per heavy atom. The van der Waals surface area contributed by atoms with Crippen LogP contribution < -0.4 is 5.32 Å². The molecule has 0 aromatic carbocycles. The summed E-state index contributed by atoms with van der Waals surface area (Å²) in [4.78, 5) is 42.0. The van der Waals surface area contributed by atoms with Gasteiger partial charge in [-0.05, 0) is 76.5 Å². The molecule has 31 heavy (non-hydrogen) atoms. The van der Waals surface area contributed by atoms with Crippen molar-refractivity contribution >= 4 is 17.7 Å². The van der Waals surface area contributed by atoms with Gasteiger partial charge in [-0.3, -0.25) is 14.4 Å². The number of rotatable bonds is 3. The topological polar surface area (TPSA) is 79.0 Å². The van der Waals surface area contributed by atoms with E-state index in [1.165, 1.54) is 0 Å². The van der Waals surface area contributed by atoms with Crippen LogP contribution in [0.2, 0.25) is 0 Å². The third-order valence-corrected chi connectivity index (χ3v) is 8.42. The lowest BCUT2D eigenvalue weighted by Crippen LogP contribution is -2.68. The minimum atomic E-state index is -0.305. The van der Waals surface area contributed by atoms with E-state index in [-0.39, 0.29) is 47.9 Å². The van der Waals surface area contributed by atoms with Crippen molar-refractivity contribution in [1.82, 2.24) is 15.1 Å². The Balaban J connectivity index is 1.48. The third-order valence-electron chi connectivity index (χ3n) is 8.42. The van der Waals surface area contributed by atoms with E-state index in [9.17, 15) is 14.4 Å². The zero-order valence-electron chi connectivity index (χ0n) is 19.3. The molecule has 7 nitrogen and oxygen atoms in total. The Morgan fingerprint density at radius 1 is 0.935 bits per heavy atom. The fraction of sp³-hybridized carbons (Fsp3) is 0.875. The van der Waals surface area contributed by atoms with E-state index in [1.807, 2.05) is 4.90 Å². The van der Waals surface area contributed by atoms with Crippen molar-refractivity contribution in [3.8, 4) is 0 Å². The van der Waals surface area contributed by atoms with Crippen LogP contribution in [0.5, 0.6) is 0 Å². The summed E-state index contributed by atoms with van der Waals surface area (Å²) in [7, 11) is 1.72. The van der Waals surface area contributed by atoms with E-state index in [0.29, 0.717) is 25.0 Å². The number of ether oxygens (including phenoxy) is 1. The van der Waals surface area contributed by atoms with Crippen molar-refractivity contribution in [1.29, 1.82) is 0 Å². The summed E-state index contributed by atoms with van der Waals surface area (Å²) in [6.07, 6.45) is 8.59. The number of carbonyl (C=O) groups is 3. The van der Waals surface area contributed by atoms with Crippen molar-refractivity contribution in [2.45, 2.75) is 95.9 Å². The van der Waals surface area contributed by atoms with Crippen molar-refractivity contribution in [3.05, 3.63) is 0 Å². The van der Waals surface area contributed by atoms with Crippen molar-refractivity contribution in [3.63, 3.8) is 0 Å². The van der Waals surface area contributed by atoms with Crippen molar-refractivity contribution in [2.24, 2.45) is 17.8 Å². The molecule has 2 aliphatic carbocycles. The van der Waals surface area contributed by atoms with Crippen LogP contribution in [0.4, 0.5) is 0 Å². The fourth-order valence-corrected chi connectivity index (χ4v) is 6.90. The Hall–Kier alpha value is -1.63. The minimum absolute atomic E-state index is 0.0450. The van der Waals surface area contributed by atoms with E-state index >= 15 is 0 Å². The summed E-state index contributed by atoms with van der Waals surface area (Å²) in [6.45, 7) is 5.01. The van der Waals surface area contributed by atoms with E-state index in [4.69, 9.17) is 4.74 Å². The molecule has 4 rings (SSSR count). The van der Waals surface area contributed by atoms with Gasteiger partial charge in [0.05, 0.1) is 12.1 Å². The molecule has 2 saturated heterocycles. The molecule has 0 aromatic rings. The smallest absolute Gasteiger partial charge is 0.252 e. The second-order valence-corrected chi connectivity index (χ2v) is 10.2. The van der Waals surface area contributed by atoms with Crippen LogP contribution in [0.3, 0.4) is 0 Å². The largest absolute Gasteiger partial charge is 0.368 e. The summed E-state index contributed by atoms with van der Waals surface area (Å²) >= 11 is 0. The SMILES string of the molecule is CNC(=O)C1CCC(C2CCC3C(C2)N(C(=O)C2CCCO2)C[C@H](C)N3C(C)=O)CC1. The van der Waals surface area contributed by atoms with Gasteiger partial charge in [0, 0.05) is 39.1 Å². The van der Waals surface area contributed by atoms with Crippen molar-refractivity contribution < 1.29 is 19.1 Å². The fourth-order valence-electron chi connectivity index (χ4n) is 6.90. The van der Waals surface area contributed by atoms with E-state index < -0.39 is 0 Å². The van der Waals surface area contributed by atoms with Gasteiger partial charge < -0.3 is 19.9 Å². The number of hydrogen-bond donors (Lipinski definition) is 1. The van der Waals surface area contributed by atoms with Crippen molar-refractivity contribution in [2.75, 3.05) is 20.2 Å². The molecule has 4 aliphatic rings. The number of carbonyl (C=O) groups excluding carboxylic acids is 3. The molecule has 2 aliphatic heterocycles. The molecule has 4 fully saturated rings. The minimum Gasteiger partial charge on any atom is -0.368 e. The van der Waals surface area contributed by atoms with Crippen LogP contribution >= 0.6 is 0 Å². The standard InChI is InChI=1S/C24H39N3O4/c1-15-14-26(24(30)22-5-4-12-31-22)21-13-19(10-11-20(21)27(15)16(2)28)17-6-8-18(9-7-17)23(29)25-3/h15,17-22H,4-14H2,1-3H3,(H,25,29)/t15-,17?,18?,19?,20?,21?,22?/m0/s1. The van der Waals surface area contributed by atoms with Gasteiger partial charge in [-0.25, -0.2) is 0 Å². The molecule has 3 amide bonds. The maximum Gasteiger partial charge on any atom is 0.252 e. The Labute approximate surface area is 186 Å². The highest BCUT2D eigenvalue weighted by Crippen LogP contribution is 2.44. The molecule has 0 aromatic heterocycles. The molecule has 2 heterocycles. The van der Waals surface area contributed by atoms with Gasteiger partial charge in [0.25, 0.3) is 5.91 Å². The molecule has 5 atom stereocenters. The van der Waals surface area contributed by atoms with Gasteiger partial charge in [-0.1, -0.05) is 0 Å². The number of nitrogens with one attached hydrogen (secondary N) is 1. The molecule has 0 spiro atoms. The number of amides is 3. The Morgan fingerprint density at radius 2 is 1.65 bits per heavy atom. The van der Waals surface area contributed by atoms with E-state index in [0.717, 1.165) is 57.8 Å². The summed E-state index contributed by atoms with van der Waals surface area (Å²) < 4.78 is 5.74. The number of piperazine rings is 1. The van der Waals surface area contributed by atoms with Gasteiger partial charge in [-0.15, -0.1) is 0 Å². The van der Waals surface area contributed by atoms with Crippen LogP contribution in [-0.4, -0.2) is 72.0 Å². The van der Waals surface area contributed by atoms with Gasteiger partial charge in [0.1, 0.15) is 6.10 Å². The lowest BCUT2D eigenvalue weighted by molar-refractivity contribution is -0.160. The summed E-state index contributed by atoms with van der Waals surface area (Å²) in [6, 6.07) is 0.251. The maximum absolute atomic E-state index is 13.4. The number of fused-ring (bicyclic) bond motifs is 1. The lowest BCUT2D eigenvalue weighted by Gasteiger charge is -2.55. The maximum atomic E-state index is 13.4. The first-order chi connectivity index (χ1) is 14.9. The molecular formula is C24H39N3O4. The molecule has 4 unspecified atom stereocenters. The first-order valence-corrected chi connectivity index (χ1v) is 12.3. The molecular weight excluding hydrogens is 394 g/mol. The summed E-state index contributed by atoms with van der Waals surface area (Å²) in [5.74, 6) is 1.76. The predicted molar refractivity (Wildman–Crippen MR) is 117 cm³/mol. The normalized spacial score (nSPS) is 38.5. The molecule has 174 valence electrons. The van der Waals surface area contributed by atoms with E-state index in [1.54, 1.807) is 14.0 Å². The Kier molecular flexibility index (Phi) is 6.89. The third kappa shape index (κ3) is 4.48. The zero-order valence-corrected chi connectivity index (χ0v) is 19.3. The zero-order chi connectivity index (χ0) is 22.1. The lowest BCUT2D eigenvalue weighted by atomic mass is 9.68. The van der Waals surface area contributed by atoms with Crippen LogP contribution in [0.15, 0.2) is 0 Å². The quantitative estimate of drug-likeness (QED) is 0.741.